The van der Waals surface area contributed by atoms with Crippen molar-refractivity contribution in [2.45, 2.75) is 19.3 Å². The van der Waals surface area contributed by atoms with E-state index in [9.17, 15) is 14.0 Å². The van der Waals surface area contributed by atoms with E-state index in [1.165, 1.54) is 5.56 Å². The van der Waals surface area contributed by atoms with Crippen molar-refractivity contribution >= 4 is 11.9 Å². The molecule has 9 heteroatoms. The summed E-state index contributed by atoms with van der Waals surface area (Å²) in [5, 5.41) is 18.0. The first-order valence-electron chi connectivity index (χ1n) is 14.4. The Morgan fingerprint density at radius 2 is 1.16 bits per heavy atom. The molecule has 0 fully saturated rings. The van der Waals surface area contributed by atoms with Gasteiger partial charge in [-0.3, -0.25) is 4.39 Å². The van der Waals surface area contributed by atoms with Crippen LogP contribution in [0.1, 0.15) is 29.5 Å². The Morgan fingerprint density at radius 3 is 1.64 bits per heavy atom. The van der Waals surface area contributed by atoms with Gasteiger partial charge in [0.05, 0.1) is 31.0 Å². The van der Waals surface area contributed by atoms with Crippen LogP contribution in [-0.4, -0.2) is 68.5 Å². The first-order valence-corrected chi connectivity index (χ1v) is 14.4. The van der Waals surface area contributed by atoms with Gasteiger partial charge in [0.25, 0.3) is 0 Å². The number of hydrogen-bond donors (Lipinski definition) is 2. The monoisotopic (exact) mass is 616 g/mol. The summed E-state index contributed by atoms with van der Waals surface area (Å²) in [7, 11) is 0. The summed E-state index contributed by atoms with van der Waals surface area (Å²) >= 11 is 0. The van der Waals surface area contributed by atoms with Crippen molar-refractivity contribution < 1.29 is 43.1 Å². The van der Waals surface area contributed by atoms with Gasteiger partial charge in [0.15, 0.2) is 0 Å². The van der Waals surface area contributed by atoms with Gasteiger partial charge >= 0.3 is 11.9 Å². The molecule has 0 aliphatic rings. The van der Waals surface area contributed by atoms with Crippen LogP contribution in [0, 0.1) is 11.8 Å². The summed E-state index contributed by atoms with van der Waals surface area (Å²) < 4.78 is 33.8. The third kappa shape index (κ3) is 11.9. The zero-order valence-corrected chi connectivity index (χ0v) is 25.1. The Hall–Kier alpha value is -4.91. The summed E-state index contributed by atoms with van der Waals surface area (Å²) in [5.41, 5.74) is 4.58. The minimum Gasteiger partial charge on any atom is -0.490 e. The number of carbonyl (C=O) groups is 2. The van der Waals surface area contributed by atoms with Gasteiger partial charge in [-0.2, -0.15) is 0 Å². The SMILES string of the molecule is C=C(CO)C(=O)OCCOc1cc(C#Cc2ccc(-c3ccc(CCCCF)cc3)cc2)cc(OCCOC(=O)C(=C)CO)c1. The first-order chi connectivity index (χ1) is 21.8. The second-order valence-corrected chi connectivity index (χ2v) is 9.86. The zero-order valence-electron chi connectivity index (χ0n) is 25.1. The number of hydrogen-bond acceptors (Lipinski definition) is 8. The number of rotatable bonds is 17. The molecule has 2 N–H and O–H groups in total. The number of esters is 2. The van der Waals surface area contributed by atoms with E-state index in [2.05, 4.69) is 49.3 Å². The Morgan fingerprint density at radius 1 is 0.667 bits per heavy atom. The highest BCUT2D eigenvalue weighted by atomic mass is 19.1. The van der Waals surface area contributed by atoms with Gasteiger partial charge in [-0.05, 0) is 60.2 Å². The fourth-order valence-electron chi connectivity index (χ4n) is 3.91. The lowest BCUT2D eigenvalue weighted by atomic mass is 10.0. The molecule has 45 heavy (non-hydrogen) atoms. The summed E-state index contributed by atoms with van der Waals surface area (Å²) in [6, 6.07) is 21.2. The summed E-state index contributed by atoms with van der Waals surface area (Å²) in [6.07, 6.45) is 2.27. The summed E-state index contributed by atoms with van der Waals surface area (Å²) in [5.74, 6) is 5.63. The quantitative estimate of drug-likeness (QED) is 0.0945. The van der Waals surface area contributed by atoms with Crippen LogP contribution in [0.15, 0.2) is 91.0 Å². The van der Waals surface area contributed by atoms with Crippen LogP contribution in [0.3, 0.4) is 0 Å². The lowest BCUT2D eigenvalue weighted by Crippen LogP contribution is -2.15. The van der Waals surface area contributed by atoms with Crippen LogP contribution in [0.2, 0.25) is 0 Å². The normalized spacial score (nSPS) is 10.3. The van der Waals surface area contributed by atoms with Crippen molar-refractivity contribution in [2.24, 2.45) is 0 Å². The van der Waals surface area contributed by atoms with E-state index in [1.54, 1.807) is 18.2 Å². The number of carbonyl (C=O) groups excluding carboxylic acids is 2. The van der Waals surface area contributed by atoms with E-state index >= 15 is 0 Å². The highest BCUT2D eigenvalue weighted by Crippen LogP contribution is 2.24. The van der Waals surface area contributed by atoms with Gasteiger partial charge < -0.3 is 29.2 Å². The predicted octanol–water partition coefficient (Wildman–Crippen LogP) is 4.99. The van der Waals surface area contributed by atoms with Crippen LogP contribution in [0.5, 0.6) is 11.5 Å². The highest BCUT2D eigenvalue weighted by molar-refractivity contribution is 5.88. The third-order valence-corrected chi connectivity index (χ3v) is 6.38. The second kappa shape index (κ2) is 18.7. The van der Waals surface area contributed by atoms with Gasteiger partial charge in [0.2, 0.25) is 0 Å². The number of aryl methyl sites for hydroxylation is 1. The molecule has 0 saturated heterocycles. The van der Waals surface area contributed by atoms with E-state index < -0.39 is 25.2 Å². The molecule has 3 aromatic carbocycles. The molecular weight excluding hydrogens is 579 g/mol. The van der Waals surface area contributed by atoms with E-state index in [0.29, 0.717) is 23.5 Å². The van der Waals surface area contributed by atoms with Crippen LogP contribution in [-0.2, 0) is 25.5 Å². The number of aliphatic hydroxyl groups is 2. The van der Waals surface area contributed by atoms with E-state index in [0.717, 1.165) is 29.5 Å². The molecule has 0 spiro atoms. The first kappa shape index (κ1) is 34.6. The molecule has 0 atom stereocenters. The molecule has 0 saturated carbocycles. The second-order valence-electron chi connectivity index (χ2n) is 9.86. The number of aliphatic hydroxyl groups excluding tert-OH is 2. The van der Waals surface area contributed by atoms with E-state index in [1.807, 2.05) is 24.3 Å². The van der Waals surface area contributed by atoms with Crippen molar-refractivity contribution in [1.29, 1.82) is 0 Å². The van der Waals surface area contributed by atoms with Crippen LogP contribution < -0.4 is 9.47 Å². The fraction of sp³-hybridized carbons (Fsp3) is 0.278. The predicted molar refractivity (Wildman–Crippen MR) is 169 cm³/mol. The summed E-state index contributed by atoms with van der Waals surface area (Å²) in [4.78, 5) is 23.4. The molecule has 0 unspecified atom stereocenters. The average molecular weight is 617 g/mol. The smallest absolute Gasteiger partial charge is 0.335 e. The van der Waals surface area contributed by atoms with Gasteiger partial charge in [-0.1, -0.05) is 61.4 Å². The van der Waals surface area contributed by atoms with Gasteiger partial charge in [0, 0.05) is 17.2 Å². The Kier molecular flexibility index (Phi) is 14.4. The molecule has 236 valence electrons. The maximum absolute atomic E-state index is 12.4. The summed E-state index contributed by atoms with van der Waals surface area (Å²) in [6.45, 7) is 5.49. The third-order valence-electron chi connectivity index (χ3n) is 6.38. The molecule has 0 aromatic heterocycles. The van der Waals surface area contributed by atoms with Crippen LogP contribution in [0.4, 0.5) is 4.39 Å². The Bertz CT molecular complexity index is 1450. The van der Waals surface area contributed by atoms with Gasteiger partial charge in [-0.15, -0.1) is 0 Å². The lowest BCUT2D eigenvalue weighted by molar-refractivity contribution is -0.141. The topological polar surface area (TPSA) is 112 Å². The molecule has 8 nitrogen and oxygen atoms in total. The molecule has 0 bridgehead atoms. The highest BCUT2D eigenvalue weighted by Gasteiger charge is 2.09. The number of benzene rings is 3. The molecule has 0 aliphatic carbocycles. The van der Waals surface area contributed by atoms with Crippen molar-refractivity contribution in [3.05, 3.63) is 108 Å². The maximum Gasteiger partial charge on any atom is 0.335 e. The minimum atomic E-state index is -0.712. The zero-order chi connectivity index (χ0) is 32.4. The van der Waals surface area contributed by atoms with Gasteiger partial charge in [-0.25, -0.2) is 9.59 Å². The Balaban J connectivity index is 1.68. The van der Waals surface area contributed by atoms with E-state index in [4.69, 9.17) is 29.2 Å². The van der Waals surface area contributed by atoms with Crippen molar-refractivity contribution in [3.63, 3.8) is 0 Å². The molecular formula is C36H37FO8. The van der Waals surface area contributed by atoms with Crippen LogP contribution >= 0.6 is 0 Å². The van der Waals surface area contributed by atoms with Gasteiger partial charge in [0.1, 0.15) is 37.9 Å². The molecule has 0 aliphatic heterocycles. The van der Waals surface area contributed by atoms with Crippen molar-refractivity contribution in [1.82, 2.24) is 0 Å². The number of unbranched alkanes of at least 4 members (excludes halogenated alkanes) is 1. The number of halogens is 1. The fourth-order valence-corrected chi connectivity index (χ4v) is 3.91. The largest absolute Gasteiger partial charge is 0.490 e. The molecule has 3 aromatic rings. The standard InChI is InChI=1S/C36H37FO8/c1-26(24-38)35(40)44-19-17-42-33-21-30(22-34(23-33)43-18-20-45-36(41)27(2)25-39)7-6-29-10-14-32(15-11-29)31-12-8-28(9-13-31)5-3-4-16-37/h8-15,21-23,38-39H,1-5,16-20,24-25H2. The van der Waals surface area contributed by atoms with E-state index in [-0.39, 0.29) is 44.2 Å². The molecule has 0 radical (unpaired) electrons. The lowest BCUT2D eigenvalue weighted by Gasteiger charge is -2.12. The number of ether oxygens (including phenoxy) is 4. The Labute approximate surface area is 262 Å². The average Bonchev–Trinajstić information content (AvgIpc) is 3.07. The van der Waals surface area contributed by atoms with Crippen molar-refractivity contribution in [2.75, 3.05) is 46.3 Å². The number of alkyl halides is 1. The maximum atomic E-state index is 12.4. The van der Waals surface area contributed by atoms with Crippen LogP contribution in [0.25, 0.3) is 11.1 Å². The molecule has 3 rings (SSSR count). The van der Waals surface area contributed by atoms with Crippen molar-refractivity contribution in [3.8, 4) is 34.5 Å². The molecule has 0 heterocycles. The minimum absolute atomic E-state index is 0.0295. The molecule has 0 amide bonds.